The molecule has 2 rings (SSSR count). The van der Waals surface area contributed by atoms with E-state index in [1.807, 2.05) is 18.5 Å². The highest BCUT2D eigenvalue weighted by molar-refractivity contribution is 5.29. The number of anilines is 1. The van der Waals surface area contributed by atoms with Crippen molar-refractivity contribution >= 4 is 5.95 Å². The number of rotatable bonds is 7. The maximum atomic E-state index is 4.34. The Hall–Kier alpha value is -1.20. The number of nitrogens with one attached hydrogen (secondary N) is 1. The Morgan fingerprint density at radius 1 is 1.15 bits per heavy atom. The van der Waals surface area contributed by atoms with Gasteiger partial charge in [-0.05, 0) is 19.0 Å². The van der Waals surface area contributed by atoms with Gasteiger partial charge in [-0.15, -0.1) is 0 Å². The Labute approximate surface area is 122 Å². The van der Waals surface area contributed by atoms with Crippen molar-refractivity contribution in [2.75, 3.05) is 44.2 Å². The van der Waals surface area contributed by atoms with Gasteiger partial charge in [0.15, 0.2) is 0 Å². The van der Waals surface area contributed by atoms with Crippen LogP contribution in [0.1, 0.15) is 26.7 Å². The zero-order valence-electron chi connectivity index (χ0n) is 12.8. The third-order valence-electron chi connectivity index (χ3n) is 3.92. The molecular weight excluding hydrogens is 250 g/mol. The van der Waals surface area contributed by atoms with Gasteiger partial charge in [0, 0.05) is 51.2 Å². The fraction of sp³-hybridized carbons (Fsp3) is 0.733. The lowest BCUT2D eigenvalue weighted by Gasteiger charge is -2.39. The molecule has 1 aliphatic heterocycles. The summed E-state index contributed by atoms with van der Waals surface area (Å²) in [5, 5.41) is 3.49. The predicted octanol–water partition coefficient (Wildman–Crippen LogP) is 1.38. The van der Waals surface area contributed by atoms with Gasteiger partial charge in [-0.3, -0.25) is 4.90 Å². The van der Waals surface area contributed by atoms with Gasteiger partial charge in [0.25, 0.3) is 0 Å². The molecule has 1 aromatic heterocycles. The minimum Gasteiger partial charge on any atom is -0.338 e. The number of likely N-dealkylation sites (N-methyl/N-ethyl adjacent to an activating group) is 1. The molecule has 0 amide bonds. The van der Waals surface area contributed by atoms with Crippen molar-refractivity contribution in [3.8, 4) is 0 Å². The summed E-state index contributed by atoms with van der Waals surface area (Å²) in [6.07, 6.45) is 6.16. The first kappa shape index (κ1) is 15.2. The third kappa shape index (κ3) is 4.15. The third-order valence-corrected chi connectivity index (χ3v) is 3.92. The Bertz CT molecular complexity index is 362. The lowest BCUT2D eigenvalue weighted by molar-refractivity contribution is 0.171. The lowest BCUT2D eigenvalue weighted by atomic mass is 10.1. The second kappa shape index (κ2) is 8.17. The quantitative estimate of drug-likeness (QED) is 0.815. The summed E-state index contributed by atoms with van der Waals surface area (Å²) in [6.45, 7) is 10.9. The van der Waals surface area contributed by atoms with Gasteiger partial charge in [-0.2, -0.15) is 0 Å². The molecule has 0 aromatic carbocycles. The van der Waals surface area contributed by atoms with Gasteiger partial charge in [-0.1, -0.05) is 20.3 Å². The highest BCUT2D eigenvalue weighted by Crippen LogP contribution is 2.14. The summed E-state index contributed by atoms with van der Waals surface area (Å²) in [4.78, 5) is 13.6. The Morgan fingerprint density at radius 2 is 1.85 bits per heavy atom. The molecule has 5 nitrogen and oxygen atoms in total. The number of hydrogen-bond acceptors (Lipinski definition) is 5. The number of nitrogens with zero attached hydrogens (tertiary/aromatic N) is 4. The molecule has 1 aliphatic rings. The molecule has 112 valence electrons. The summed E-state index contributed by atoms with van der Waals surface area (Å²) >= 11 is 0. The van der Waals surface area contributed by atoms with Crippen molar-refractivity contribution in [1.82, 2.24) is 20.2 Å². The maximum absolute atomic E-state index is 4.34. The van der Waals surface area contributed by atoms with Crippen LogP contribution in [-0.2, 0) is 0 Å². The minimum atomic E-state index is 0.666. The summed E-state index contributed by atoms with van der Waals surface area (Å²) in [5.41, 5.74) is 0. The van der Waals surface area contributed by atoms with E-state index in [-0.39, 0.29) is 0 Å². The smallest absolute Gasteiger partial charge is 0.225 e. The van der Waals surface area contributed by atoms with E-state index >= 15 is 0 Å². The summed E-state index contributed by atoms with van der Waals surface area (Å²) in [6, 6.07) is 2.53. The highest BCUT2D eigenvalue weighted by Gasteiger charge is 2.23. The second-order valence-corrected chi connectivity index (χ2v) is 5.32. The molecule has 0 spiro atoms. The molecule has 1 N–H and O–H groups in total. The number of piperazine rings is 1. The number of aromatic nitrogens is 2. The van der Waals surface area contributed by atoms with E-state index in [0.29, 0.717) is 6.04 Å². The first-order valence-electron chi connectivity index (χ1n) is 7.81. The second-order valence-electron chi connectivity index (χ2n) is 5.32. The average Bonchev–Trinajstić information content (AvgIpc) is 2.52. The van der Waals surface area contributed by atoms with Crippen molar-refractivity contribution in [2.45, 2.75) is 32.7 Å². The van der Waals surface area contributed by atoms with Crippen LogP contribution >= 0.6 is 0 Å². The first-order valence-corrected chi connectivity index (χ1v) is 7.81. The molecule has 1 unspecified atom stereocenters. The van der Waals surface area contributed by atoms with E-state index in [1.54, 1.807) is 0 Å². The molecule has 1 saturated heterocycles. The zero-order chi connectivity index (χ0) is 14.2. The standard InChI is InChI=1S/C15H27N5/c1-3-6-14(13-16-4-2)19-9-11-20(12-10-19)15-17-7-5-8-18-15/h5,7-8,14,16H,3-4,6,9-13H2,1-2H3. The molecule has 0 saturated carbocycles. The van der Waals surface area contributed by atoms with Crippen LogP contribution in [0, 0.1) is 0 Å². The fourth-order valence-corrected chi connectivity index (χ4v) is 2.80. The maximum Gasteiger partial charge on any atom is 0.225 e. The molecule has 20 heavy (non-hydrogen) atoms. The van der Waals surface area contributed by atoms with Crippen LogP contribution in [0.4, 0.5) is 5.95 Å². The molecular formula is C15H27N5. The van der Waals surface area contributed by atoms with Crippen molar-refractivity contribution in [1.29, 1.82) is 0 Å². The Kier molecular flexibility index (Phi) is 6.21. The lowest BCUT2D eigenvalue weighted by Crippen LogP contribution is -2.53. The van der Waals surface area contributed by atoms with Crippen LogP contribution in [0.5, 0.6) is 0 Å². The molecule has 1 fully saturated rings. The van der Waals surface area contributed by atoms with Crippen molar-refractivity contribution in [2.24, 2.45) is 0 Å². The van der Waals surface area contributed by atoms with Crippen molar-refractivity contribution in [3.05, 3.63) is 18.5 Å². The summed E-state index contributed by atoms with van der Waals surface area (Å²) < 4.78 is 0. The largest absolute Gasteiger partial charge is 0.338 e. The molecule has 1 atom stereocenters. The van der Waals surface area contributed by atoms with Crippen LogP contribution in [-0.4, -0.2) is 60.2 Å². The monoisotopic (exact) mass is 277 g/mol. The Balaban J connectivity index is 1.85. The van der Waals surface area contributed by atoms with Gasteiger partial charge < -0.3 is 10.2 Å². The van der Waals surface area contributed by atoms with E-state index in [0.717, 1.165) is 45.2 Å². The van der Waals surface area contributed by atoms with E-state index in [2.05, 4.69) is 38.9 Å². The highest BCUT2D eigenvalue weighted by atomic mass is 15.3. The fourth-order valence-electron chi connectivity index (χ4n) is 2.80. The van der Waals surface area contributed by atoms with Crippen LogP contribution in [0.25, 0.3) is 0 Å². The molecule has 0 aliphatic carbocycles. The minimum absolute atomic E-state index is 0.666. The molecule has 0 radical (unpaired) electrons. The van der Waals surface area contributed by atoms with Gasteiger partial charge in [0.05, 0.1) is 0 Å². The molecule has 0 bridgehead atoms. The normalized spacial score (nSPS) is 18.2. The molecule has 2 heterocycles. The van der Waals surface area contributed by atoms with Gasteiger partial charge in [-0.25, -0.2) is 9.97 Å². The van der Waals surface area contributed by atoms with E-state index in [4.69, 9.17) is 0 Å². The number of hydrogen-bond donors (Lipinski definition) is 1. The summed E-state index contributed by atoms with van der Waals surface area (Å²) in [5.74, 6) is 0.867. The van der Waals surface area contributed by atoms with Crippen LogP contribution in [0.3, 0.4) is 0 Å². The SMILES string of the molecule is CCCC(CNCC)N1CCN(c2ncccn2)CC1. The topological polar surface area (TPSA) is 44.3 Å². The molecule has 1 aromatic rings. The van der Waals surface area contributed by atoms with Crippen molar-refractivity contribution in [3.63, 3.8) is 0 Å². The van der Waals surface area contributed by atoms with Crippen LogP contribution in [0.15, 0.2) is 18.5 Å². The Morgan fingerprint density at radius 3 is 2.45 bits per heavy atom. The van der Waals surface area contributed by atoms with Gasteiger partial charge in [0.2, 0.25) is 5.95 Å². The summed E-state index contributed by atoms with van der Waals surface area (Å²) in [7, 11) is 0. The first-order chi connectivity index (χ1) is 9.85. The zero-order valence-corrected chi connectivity index (χ0v) is 12.8. The van der Waals surface area contributed by atoms with E-state index in [9.17, 15) is 0 Å². The van der Waals surface area contributed by atoms with Crippen molar-refractivity contribution < 1.29 is 0 Å². The average molecular weight is 277 g/mol. The van der Waals surface area contributed by atoms with E-state index < -0.39 is 0 Å². The van der Waals surface area contributed by atoms with Crippen LogP contribution in [0.2, 0.25) is 0 Å². The van der Waals surface area contributed by atoms with E-state index in [1.165, 1.54) is 12.8 Å². The van der Waals surface area contributed by atoms with Crippen LogP contribution < -0.4 is 10.2 Å². The van der Waals surface area contributed by atoms with Gasteiger partial charge in [0.1, 0.15) is 0 Å². The molecule has 5 heteroatoms. The van der Waals surface area contributed by atoms with Gasteiger partial charge >= 0.3 is 0 Å². The predicted molar refractivity (Wildman–Crippen MR) is 83.1 cm³/mol.